The van der Waals surface area contributed by atoms with Crippen LogP contribution in [0.5, 0.6) is 5.75 Å². The molecule has 0 aliphatic carbocycles. The van der Waals surface area contributed by atoms with E-state index in [0.717, 1.165) is 0 Å². The predicted molar refractivity (Wildman–Crippen MR) is 75.9 cm³/mol. The number of carbonyl (C=O) groups is 3. The maximum Gasteiger partial charge on any atom is 0.326 e. The number of amides is 2. The highest BCUT2D eigenvalue weighted by Gasteiger charge is 2.22. The standard InChI is InChI=1S/C14H16N2O6/c1-21-5-4-10(14(19)20)16-13(18)8-2-3-9-11(6-8)22-7-12(17)15-9/h2-3,6,10H,4-5,7H2,1H3,(H,15,17)(H,16,18)(H,19,20). The van der Waals surface area contributed by atoms with Crippen molar-refractivity contribution in [3.05, 3.63) is 23.8 Å². The molecule has 0 radical (unpaired) electrons. The molecule has 1 atom stereocenters. The smallest absolute Gasteiger partial charge is 0.326 e. The van der Waals surface area contributed by atoms with Crippen LogP contribution >= 0.6 is 0 Å². The van der Waals surface area contributed by atoms with Crippen LogP contribution in [-0.4, -0.2) is 49.3 Å². The van der Waals surface area contributed by atoms with Gasteiger partial charge in [0.15, 0.2) is 6.61 Å². The Bertz CT molecular complexity index is 601. The number of benzene rings is 1. The van der Waals surface area contributed by atoms with Gasteiger partial charge in [-0.05, 0) is 18.2 Å². The number of carbonyl (C=O) groups excluding carboxylic acids is 2. The van der Waals surface area contributed by atoms with Crippen LogP contribution in [0.4, 0.5) is 5.69 Å². The molecule has 22 heavy (non-hydrogen) atoms. The summed E-state index contributed by atoms with van der Waals surface area (Å²) in [6.07, 6.45) is 0.162. The molecule has 8 nitrogen and oxygen atoms in total. The molecule has 0 saturated heterocycles. The Hall–Kier alpha value is -2.61. The van der Waals surface area contributed by atoms with E-state index in [9.17, 15) is 14.4 Å². The number of hydrogen-bond acceptors (Lipinski definition) is 5. The second-order valence-electron chi connectivity index (χ2n) is 4.69. The number of carboxylic acids is 1. The van der Waals surface area contributed by atoms with Crippen molar-refractivity contribution in [1.29, 1.82) is 0 Å². The average molecular weight is 308 g/mol. The number of anilines is 1. The molecule has 1 aromatic carbocycles. The second kappa shape index (κ2) is 6.90. The van der Waals surface area contributed by atoms with Gasteiger partial charge in [0.1, 0.15) is 11.8 Å². The Morgan fingerprint density at radius 1 is 1.50 bits per heavy atom. The lowest BCUT2D eigenvalue weighted by atomic mass is 10.1. The zero-order valence-corrected chi connectivity index (χ0v) is 11.9. The molecule has 1 heterocycles. The van der Waals surface area contributed by atoms with Crippen LogP contribution in [0, 0.1) is 0 Å². The van der Waals surface area contributed by atoms with Crippen LogP contribution in [0.2, 0.25) is 0 Å². The molecule has 0 aromatic heterocycles. The first-order valence-electron chi connectivity index (χ1n) is 6.60. The fourth-order valence-electron chi connectivity index (χ4n) is 1.95. The van der Waals surface area contributed by atoms with Crippen molar-refractivity contribution < 1.29 is 29.0 Å². The number of rotatable bonds is 6. The molecule has 2 rings (SSSR count). The molecule has 1 aliphatic heterocycles. The van der Waals surface area contributed by atoms with E-state index in [-0.39, 0.29) is 31.1 Å². The van der Waals surface area contributed by atoms with Gasteiger partial charge in [0.05, 0.1) is 5.69 Å². The summed E-state index contributed by atoms with van der Waals surface area (Å²) in [6.45, 7) is 0.0975. The van der Waals surface area contributed by atoms with Crippen LogP contribution in [0.1, 0.15) is 16.8 Å². The third-order valence-electron chi connectivity index (χ3n) is 3.09. The van der Waals surface area contributed by atoms with E-state index < -0.39 is 17.9 Å². The molecule has 0 saturated carbocycles. The minimum Gasteiger partial charge on any atom is -0.482 e. The zero-order valence-electron chi connectivity index (χ0n) is 11.9. The van der Waals surface area contributed by atoms with E-state index >= 15 is 0 Å². The molecule has 1 aromatic rings. The van der Waals surface area contributed by atoms with Crippen molar-refractivity contribution in [2.24, 2.45) is 0 Å². The number of carboxylic acid groups (broad SMARTS) is 1. The van der Waals surface area contributed by atoms with Gasteiger partial charge < -0.3 is 25.2 Å². The summed E-state index contributed by atoms with van der Waals surface area (Å²) < 4.78 is 10.0. The first-order valence-corrected chi connectivity index (χ1v) is 6.60. The Kier molecular flexibility index (Phi) is 4.95. The Morgan fingerprint density at radius 2 is 2.27 bits per heavy atom. The lowest BCUT2D eigenvalue weighted by Gasteiger charge is -2.19. The summed E-state index contributed by atoms with van der Waals surface area (Å²) in [5.41, 5.74) is 0.723. The quantitative estimate of drug-likeness (QED) is 0.693. The lowest BCUT2D eigenvalue weighted by molar-refractivity contribution is -0.139. The highest BCUT2D eigenvalue weighted by Crippen LogP contribution is 2.28. The highest BCUT2D eigenvalue weighted by atomic mass is 16.5. The molecule has 0 bridgehead atoms. The molecule has 8 heteroatoms. The second-order valence-corrected chi connectivity index (χ2v) is 4.69. The largest absolute Gasteiger partial charge is 0.482 e. The molecule has 118 valence electrons. The maximum absolute atomic E-state index is 12.1. The third kappa shape index (κ3) is 3.73. The van der Waals surface area contributed by atoms with Crippen LogP contribution < -0.4 is 15.4 Å². The minimum absolute atomic E-state index is 0.121. The SMILES string of the molecule is COCCC(NC(=O)c1ccc2c(c1)OCC(=O)N2)C(=O)O. The zero-order chi connectivity index (χ0) is 16.1. The monoisotopic (exact) mass is 308 g/mol. The van der Waals surface area contributed by atoms with Gasteiger partial charge in [-0.3, -0.25) is 9.59 Å². The van der Waals surface area contributed by atoms with E-state index in [2.05, 4.69) is 10.6 Å². The van der Waals surface area contributed by atoms with E-state index in [1.165, 1.54) is 25.3 Å². The van der Waals surface area contributed by atoms with Gasteiger partial charge in [-0.15, -0.1) is 0 Å². The van der Waals surface area contributed by atoms with Crippen molar-refractivity contribution in [3.63, 3.8) is 0 Å². The van der Waals surface area contributed by atoms with Crippen LogP contribution in [-0.2, 0) is 14.3 Å². The molecular weight excluding hydrogens is 292 g/mol. The molecule has 0 fully saturated rings. The summed E-state index contributed by atoms with van der Waals surface area (Å²) in [5, 5.41) is 14.1. The van der Waals surface area contributed by atoms with Gasteiger partial charge in [0, 0.05) is 25.7 Å². The number of aliphatic carboxylic acids is 1. The van der Waals surface area contributed by atoms with E-state index in [0.29, 0.717) is 11.4 Å². The molecule has 0 spiro atoms. The average Bonchev–Trinajstić information content (AvgIpc) is 2.50. The van der Waals surface area contributed by atoms with Crippen LogP contribution in [0.25, 0.3) is 0 Å². The summed E-state index contributed by atoms with van der Waals surface area (Å²) >= 11 is 0. The Labute approximate surface area is 126 Å². The highest BCUT2D eigenvalue weighted by molar-refractivity contribution is 6.00. The van der Waals surface area contributed by atoms with Crippen molar-refractivity contribution in [1.82, 2.24) is 5.32 Å². The summed E-state index contributed by atoms with van der Waals surface area (Å²) in [6, 6.07) is 3.44. The molecule has 2 amide bonds. The van der Waals surface area contributed by atoms with Gasteiger partial charge in [0.2, 0.25) is 0 Å². The fraction of sp³-hybridized carbons (Fsp3) is 0.357. The number of ether oxygens (including phenoxy) is 2. The molecule has 1 aliphatic rings. The number of nitrogens with one attached hydrogen (secondary N) is 2. The van der Waals surface area contributed by atoms with Crippen molar-refractivity contribution >= 4 is 23.5 Å². The van der Waals surface area contributed by atoms with Gasteiger partial charge in [0.25, 0.3) is 11.8 Å². The molecular formula is C14H16N2O6. The fourth-order valence-corrected chi connectivity index (χ4v) is 1.95. The number of fused-ring (bicyclic) bond motifs is 1. The number of methoxy groups -OCH3 is 1. The predicted octanol–water partition coefficient (Wildman–Crippen LogP) is 0.237. The van der Waals surface area contributed by atoms with E-state index in [1.807, 2.05) is 0 Å². The van der Waals surface area contributed by atoms with Gasteiger partial charge in [-0.1, -0.05) is 0 Å². The molecule has 3 N–H and O–H groups in total. The minimum atomic E-state index is -1.13. The van der Waals surface area contributed by atoms with E-state index in [4.69, 9.17) is 14.6 Å². The lowest BCUT2D eigenvalue weighted by Crippen LogP contribution is -2.41. The molecule has 1 unspecified atom stereocenters. The summed E-state index contributed by atoms with van der Waals surface area (Å²) in [7, 11) is 1.45. The van der Waals surface area contributed by atoms with Gasteiger partial charge >= 0.3 is 5.97 Å². The first kappa shape index (κ1) is 15.8. The number of hydrogen-bond donors (Lipinski definition) is 3. The van der Waals surface area contributed by atoms with Gasteiger partial charge in [-0.25, -0.2) is 4.79 Å². The van der Waals surface area contributed by atoms with Gasteiger partial charge in [-0.2, -0.15) is 0 Å². The van der Waals surface area contributed by atoms with Crippen LogP contribution in [0.3, 0.4) is 0 Å². The Morgan fingerprint density at radius 3 is 2.95 bits per heavy atom. The summed E-state index contributed by atoms with van der Waals surface area (Å²) in [5.74, 6) is -1.56. The van der Waals surface area contributed by atoms with Crippen molar-refractivity contribution in [2.75, 3.05) is 25.6 Å². The van der Waals surface area contributed by atoms with Crippen molar-refractivity contribution in [2.45, 2.75) is 12.5 Å². The first-order chi connectivity index (χ1) is 10.5. The summed E-state index contributed by atoms with van der Waals surface area (Å²) in [4.78, 5) is 34.4. The topological polar surface area (TPSA) is 114 Å². The third-order valence-corrected chi connectivity index (χ3v) is 3.09. The normalized spacial score (nSPS) is 14.3. The van der Waals surface area contributed by atoms with Crippen LogP contribution in [0.15, 0.2) is 18.2 Å². The Balaban J connectivity index is 2.09. The van der Waals surface area contributed by atoms with E-state index in [1.54, 1.807) is 0 Å². The van der Waals surface area contributed by atoms with Crippen molar-refractivity contribution in [3.8, 4) is 5.75 Å². The maximum atomic E-state index is 12.1.